The SMILES string of the molecule is CC1CNCCN1C(=O)Nc1ccccc1C(F)(F)F. The molecule has 1 heterocycles. The number of nitrogens with one attached hydrogen (secondary N) is 2. The summed E-state index contributed by atoms with van der Waals surface area (Å²) in [5.41, 5.74) is -1.05. The maximum atomic E-state index is 12.8. The summed E-state index contributed by atoms with van der Waals surface area (Å²) in [4.78, 5) is 13.6. The fourth-order valence-corrected chi connectivity index (χ4v) is 2.17. The van der Waals surface area contributed by atoms with E-state index in [2.05, 4.69) is 10.6 Å². The Balaban J connectivity index is 2.16. The molecule has 0 radical (unpaired) electrons. The predicted octanol–water partition coefficient (Wildman–Crippen LogP) is 2.53. The van der Waals surface area contributed by atoms with Crippen molar-refractivity contribution in [1.82, 2.24) is 10.2 Å². The van der Waals surface area contributed by atoms with E-state index in [0.29, 0.717) is 19.6 Å². The van der Waals surface area contributed by atoms with Gasteiger partial charge in [-0.15, -0.1) is 0 Å². The highest BCUT2D eigenvalue weighted by atomic mass is 19.4. The third kappa shape index (κ3) is 3.22. The molecule has 0 aliphatic carbocycles. The molecule has 7 heteroatoms. The van der Waals surface area contributed by atoms with Gasteiger partial charge in [0.25, 0.3) is 0 Å². The number of para-hydroxylation sites is 1. The van der Waals surface area contributed by atoms with E-state index in [1.165, 1.54) is 23.1 Å². The quantitative estimate of drug-likeness (QED) is 0.833. The van der Waals surface area contributed by atoms with E-state index in [1.54, 1.807) is 0 Å². The number of carbonyl (C=O) groups is 1. The van der Waals surface area contributed by atoms with Gasteiger partial charge in [-0.05, 0) is 19.1 Å². The first-order valence-electron chi connectivity index (χ1n) is 6.34. The van der Waals surface area contributed by atoms with Gasteiger partial charge >= 0.3 is 12.2 Å². The zero-order valence-corrected chi connectivity index (χ0v) is 11.0. The summed E-state index contributed by atoms with van der Waals surface area (Å²) < 4.78 is 38.5. The van der Waals surface area contributed by atoms with E-state index in [1.807, 2.05) is 6.92 Å². The van der Waals surface area contributed by atoms with Gasteiger partial charge in [-0.2, -0.15) is 13.2 Å². The van der Waals surface area contributed by atoms with Crippen LogP contribution in [-0.2, 0) is 6.18 Å². The molecule has 20 heavy (non-hydrogen) atoms. The lowest BCUT2D eigenvalue weighted by molar-refractivity contribution is -0.136. The van der Waals surface area contributed by atoms with Crippen molar-refractivity contribution in [2.45, 2.75) is 19.1 Å². The van der Waals surface area contributed by atoms with Gasteiger partial charge in [0, 0.05) is 25.7 Å². The number of anilines is 1. The Hall–Kier alpha value is -1.76. The van der Waals surface area contributed by atoms with Crippen molar-refractivity contribution in [2.24, 2.45) is 0 Å². The Morgan fingerprint density at radius 3 is 2.75 bits per heavy atom. The van der Waals surface area contributed by atoms with Gasteiger partial charge < -0.3 is 15.5 Å². The summed E-state index contributed by atoms with van der Waals surface area (Å²) in [6.07, 6.45) is -4.49. The summed E-state index contributed by atoms with van der Waals surface area (Å²) in [6, 6.07) is 4.42. The fourth-order valence-electron chi connectivity index (χ4n) is 2.17. The second-order valence-corrected chi connectivity index (χ2v) is 4.72. The van der Waals surface area contributed by atoms with Crippen LogP contribution in [-0.4, -0.2) is 36.6 Å². The number of amides is 2. The van der Waals surface area contributed by atoms with Crippen molar-refractivity contribution in [3.05, 3.63) is 29.8 Å². The highest BCUT2D eigenvalue weighted by Gasteiger charge is 2.34. The molecule has 1 saturated heterocycles. The van der Waals surface area contributed by atoms with Crippen LogP contribution < -0.4 is 10.6 Å². The summed E-state index contributed by atoms with van der Waals surface area (Å²) in [5, 5.41) is 5.47. The second-order valence-electron chi connectivity index (χ2n) is 4.72. The van der Waals surface area contributed by atoms with Gasteiger partial charge in [-0.25, -0.2) is 4.79 Å². The summed E-state index contributed by atoms with van der Waals surface area (Å²) >= 11 is 0. The van der Waals surface area contributed by atoms with E-state index < -0.39 is 17.8 Å². The third-order valence-electron chi connectivity index (χ3n) is 3.24. The minimum Gasteiger partial charge on any atom is -0.319 e. The Morgan fingerprint density at radius 2 is 2.10 bits per heavy atom. The number of nitrogens with zero attached hydrogens (tertiary/aromatic N) is 1. The maximum absolute atomic E-state index is 12.8. The number of benzene rings is 1. The summed E-state index contributed by atoms with van der Waals surface area (Å²) in [7, 11) is 0. The zero-order chi connectivity index (χ0) is 14.8. The van der Waals surface area contributed by atoms with Gasteiger partial charge in [0.15, 0.2) is 0 Å². The molecule has 1 aromatic rings. The standard InChI is InChI=1S/C13H16F3N3O/c1-9-8-17-6-7-19(9)12(20)18-11-5-3-2-4-10(11)13(14,15)16/h2-5,9,17H,6-8H2,1H3,(H,18,20). The maximum Gasteiger partial charge on any atom is 0.418 e. The molecular weight excluding hydrogens is 271 g/mol. The molecule has 1 unspecified atom stereocenters. The molecule has 4 nitrogen and oxygen atoms in total. The van der Waals surface area contributed by atoms with Crippen LogP contribution in [0.4, 0.5) is 23.7 Å². The van der Waals surface area contributed by atoms with Crippen molar-refractivity contribution in [2.75, 3.05) is 25.0 Å². The second kappa shape index (κ2) is 5.70. The van der Waals surface area contributed by atoms with Crippen molar-refractivity contribution >= 4 is 11.7 Å². The molecule has 1 fully saturated rings. The predicted molar refractivity (Wildman–Crippen MR) is 69.5 cm³/mol. The zero-order valence-electron chi connectivity index (χ0n) is 11.0. The molecule has 2 amide bonds. The number of piperazine rings is 1. The van der Waals surface area contributed by atoms with E-state index in [0.717, 1.165) is 6.07 Å². The molecule has 1 aliphatic rings. The van der Waals surface area contributed by atoms with E-state index in [-0.39, 0.29) is 11.7 Å². The molecule has 2 N–H and O–H groups in total. The Bertz CT molecular complexity index is 490. The lowest BCUT2D eigenvalue weighted by Crippen LogP contribution is -2.53. The van der Waals surface area contributed by atoms with Crippen LogP contribution in [0, 0.1) is 0 Å². The van der Waals surface area contributed by atoms with Crippen LogP contribution in [0.25, 0.3) is 0 Å². The third-order valence-corrected chi connectivity index (χ3v) is 3.24. The number of hydrogen-bond donors (Lipinski definition) is 2. The van der Waals surface area contributed by atoms with Gasteiger partial charge in [0.05, 0.1) is 11.3 Å². The number of alkyl halides is 3. The molecule has 0 saturated carbocycles. The van der Waals surface area contributed by atoms with Gasteiger partial charge in [0.1, 0.15) is 0 Å². The molecule has 1 atom stereocenters. The van der Waals surface area contributed by atoms with Gasteiger partial charge in [-0.3, -0.25) is 0 Å². The van der Waals surface area contributed by atoms with Gasteiger partial charge in [0.2, 0.25) is 0 Å². The molecule has 0 aromatic heterocycles. The van der Waals surface area contributed by atoms with Crippen molar-refractivity contribution in [1.29, 1.82) is 0 Å². The molecule has 1 aliphatic heterocycles. The van der Waals surface area contributed by atoms with Crippen LogP contribution >= 0.6 is 0 Å². The van der Waals surface area contributed by atoms with Crippen molar-refractivity contribution in [3.8, 4) is 0 Å². The molecule has 2 rings (SSSR count). The van der Waals surface area contributed by atoms with Crippen molar-refractivity contribution < 1.29 is 18.0 Å². The van der Waals surface area contributed by atoms with Crippen LogP contribution in [0.5, 0.6) is 0 Å². The lowest BCUT2D eigenvalue weighted by Gasteiger charge is -2.34. The van der Waals surface area contributed by atoms with Gasteiger partial charge in [-0.1, -0.05) is 12.1 Å². The Labute approximate surface area is 114 Å². The topological polar surface area (TPSA) is 44.4 Å². The molecule has 1 aromatic carbocycles. The number of carbonyl (C=O) groups excluding carboxylic acids is 1. The Kier molecular flexibility index (Phi) is 4.17. The molecule has 110 valence electrons. The highest BCUT2D eigenvalue weighted by molar-refractivity contribution is 5.90. The molecule has 0 bridgehead atoms. The average molecular weight is 287 g/mol. The highest BCUT2D eigenvalue weighted by Crippen LogP contribution is 2.34. The minimum absolute atomic E-state index is 0.0539. The van der Waals surface area contributed by atoms with Crippen LogP contribution in [0.1, 0.15) is 12.5 Å². The van der Waals surface area contributed by atoms with E-state index in [4.69, 9.17) is 0 Å². The largest absolute Gasteiger partial charge is 0.418 e. The first-order valence-corrected chi connectivity index (χ1v) is 6.34. The fraction of sp³-hybridized carbons (Fsp3) is 0.462. The van der Waals surface area contributed by atoms with Crippen LogP contribution in [0.2, 0.25) is 0 Å². The summed E-state index contributed by atoms with van der Waals surface area (Å²) in [5.74, 6) is 0. The number of hydrogen-bond acceptors (Lipinski definition) is 2. The monoisotopic (exact) mass is 287 g/mol. The first kappa shape index (κ1) is 14.6. The number of halogens is 3. The average Bonchev–Trinajstić information content (AvgIpc) is 2.38. The van der Waals surface area contributed by atoms with Crippen LogP contribution in [0.3, 0.4) is 0 Å². The minimum atomic E-state index is -4.49. The van der Waals surface area contributed by atoms with Crippen LogP contribution in [0.15, 0.2) is 24.3 Å². The lowest BCUT2D eigenvalue weighted by atomic mass is 10.1. The number of rotatable bonds is 1. The molecule has 0 spiro atoms. The van der Waals surface area contributed by atoms with Crippen molar-refractivity contribution in [3.63, 3.8) is 0 Å². The van der Waals surface area contributed by atoms with E-state index >= 15 is 0 Å². The normalized spacial score (nSPS) is 19.8. The number of urea groups is 1. The first-order chi connectivity index (χ1) is 9.39. The smallest absolute Gasteiger partial charge is 0.319 e. The molecular formula is C13H16F3N3O. The Morgan fingerprint density at radius 1 is 1.40 bits per heavy atom. The van der Waals surface area contributed by atoms with E-state index in [9.17, 15) is 18.0 Å². The summed E-state index contributed by atoms with van der Waals surface area (Å²) in [6.45, 7) is 3.59.